The molecule has 0 fully saturated rings. The van der Waals surface area contributed by atoms with Crippen molar-refractivity contribution in [3.8, 4) is 5.69 Å². The highest BCUT2D eigenvalue weighted by Crippen LogP contribution is 2.22. The number of aliphatic imine (C=N–C) groups is 1. The molecule has 22 heavy (non-hydrogen) atoms. The lowest BCUT2D eigenvalue weighted by Crippen LogP contribution is -1.97. The Morgan fingerprint density at radius 3 is 2.64 bits per heavy atom. The van der Waals surface area contributed by atoms with E-state index in [1.165, 1.54) is 5.56 Å². The first-order valence-corrected chi connectivity index (χ1v) is 8.45. The van der Waals surface area contributed by atoms with Crippen molar-refractivity contribution in [1.29, 1.82) is 0 Å². The molecule has 1 heterocycles. The van der Waals surface area contributed by atoms with Gasteiger partial charge in [0, 0.05) is 20.8 Å². The minimum absolute atomic E-state index is 0.947. The Hall–Kier alpha value is -1.65. The summed E-state index contributed by atoms with van der Waals surface area (Å²) in [4.78, 5) is 4.58. The maximum absolute atomic E-state index is 4.58. The molecular weight excluding hydrogens is 404 g/mol. The molecule has 0 radical (unpaired) electrons. The van der Waals surface area contributed by atoms with Gasteiger partial charge in [-0.2, -0.15) is 0 Å². The lowest BCUT2D eigenvalue weighted by molar-refractivity contribution is 1.07. The Balaban J connectivity index is 1.92. The Morgan fingerprint density at radius 2 is 1.86 bits per heavy atom. The topological polar surface area (TPSA) is 17.3 Å². The van der Waals surface area contributed by atoms with Gasteiger partial charge < -0.3 is 4.57 Å². The van der Waals surface area contributed by atoms with E-state index in [0.717, 1.165) is 26.0 Å². The first-order chi connectivity index (χ1) is 10.6. The number of aromatic nitrogens is 1. The van der Waals surface area contributed by atoms with E-state index in [2.05, 4.69) is 72.6 Å². The van der Waals surface area contributed by atoms with Crippen molar-refractivity contribution in [1.82, 2.24) is 4.57 Å². The van der Waals surface area contributed by atoms with E-state index < -0.39 is 0 Å². The van der Waals surface area contributed by atoms with E-state index in [9.17, 15) is 0 Å². The molecule has 2 nitrogen and oxygen atoms in total. The molecule has 0 amide bonds. The van der Waals surface area contributed by atoms with Crippen molar-refractivity contribution in [3.63, 3.8) is 0 Å². The summed E-state index contributed by atoms with van der Waals surface area (Å²) in [5.74, 6) is 0. The minimum atomic E-state index is 0.947. The van der Waals surface area contributed by atoms with Crippen molar-refractivity contribution >= 4 is 43.8 Å². The average Bonchev–Trinajstić information content (AvgIpc) is 2.97. The number of nitrogens with zero attached hydrogens (tertiary/aromatic N) is 2. The average molecular weight is 418 g/mol. The summed E-state index contributed by atoms with van der Waals surface area (Å²) in [6.45, 7) is 2.06. The largest absolute Gasteiger partial charge is 0.316 e. The molecule has 0 unspecified atom stereocenters. The van der Waals surface area contributed by atoms with Crippen LogP contribution in [0.4, 0.5) is 5.69 Å². The highest BCUT2D eigenvalue weighted by Gasteiger charge is 2.02. The summed E-state index contributed by atoms with van der Waals surface area (Å²) in [6, 6.07) is 18.4. The van der Waals surface area contributed by atoms with Crippen LogP contribution in [0.1, 0.15) is 11.3 Å². The van der Waals surface area contributed by atoms with Crippen LogP contribution < -0.4 is 0 Å². The van der Waals surface area contributed by atoms with Gasteiger partial charge in [0.2, 0.25) is 0 Å². The number of hydrogen-bond donors (Lipinski definition) is 0. The Kier molecular flexibility index (Phi) is 4.60. The van der Waals surface area contributed by atoms with Crippen LogP contribution in [0.2, 0.25) is 0 Å². The SMILES string of the molecule is Cc1cc(N=Cc2cccn2-c2cccc(Br)c2)ccc1Br. The molecule has 0 bridgehead atoms. The standard InChI is InChI=1S/C18H14Br2N2/c1-13-10-15(7-8-18(13)20)21-12-17-6-3-9-22(17)16-5-2-4-14(19)11-16/h2-12H,1H3. The third-order valence-electron chi connectivity index (χ3n) is 3.35. The number of aryl methyl sites for hydroxylation is 1. The van der Waals surface area contributed by atoms with Crippen molar-refractivity contribution in [2.75, 3.05) is 0 Å². The lowest BCUT2D eigenvalue weighted by atomic mass is 10.2. The molecule has 4 heteroatoms. The summed E-state index contributed by atoms with van der Waals surface area (Å²) < 4.78 is 4.27. The molecule has 0 saturated carbocycles. The molecule has 0 N–H and O–H groups in total. The number of rotatable bonds is 3. The molecule has 3 aromatic rings. The van der Waals surface area contributed by atoms with E-state index >= 15 is 0 Å². The molecule has 0 aliphatic heterocycles. The minimum Gasteiger partial charge on any atom is -0.316 e. The fourth-order valence-corrected chi connectivity index (χ4v) is 2.84. The highest BCUT2D eigenvalue weighted by atomic mass is 79.9. The van der Waals surface area contributed by atoms with Crippen LogP contribution >= 0.6 is 31.9 Å². The first kappa shape index (κ1) is 15.3. The number of benzene rings is 2. The lowest BCUT2D eigenvalue weighted by Gasteiger charge is -2.06. The number of hydrogen-bond acceptors (Lipinski definition) is 1. The molecule has 0 aliphatic rings. The molecule has 0 atom stereocenters. The van der Waals surface area contributed by atoms with Gasteiger partial charge in [-0.15, -0.1) is 0 Å². The van der Waals surface area contributed by atoms with Gasteiger partial charge in [-0.05, 0) is 61.0 Å². The molecule has 2 aromatic carbocycles. The highest BCUT2D eigenvalue weighted by molar-refractivity contribution is 9.10. The second kappa shape index (κ2) is 6.63. The smallest absolute Gasteiger partial charge is 0.0639 e. The van der Waals surface area contributed by atoms with Gasteiger partial charge in [-0.25, -0.2) is 0 Å². The predicted molar refractivity (Wildman–Crippen MR) is 99.6 cm³/mol. The maximum atomic E-state index is 4.58. The van der Waals surface area contributed by atoms with Crippen LogP contribution in [-0.4, -0.2) is 10.8 Å². The van der Waals surface area contributed by atoms with Crippen LogP contribution in [0, 0.1) is 6.92 Å². The summed E-state index contributed by atoms with van der Waals surface area (Å²) in [6.07, 6.45) is 3.93. The number of halogens is 2. The van der Waals surface area contributed by atoms with Gasteiger partial charge in [-0.1, -0.05) is 37.9 Å². The quantitative estimate of drug-likeness (QED) is 0.460. The predicted octanol–water partition coefficient (Wildman–Crippen LogP) is 6.06. The Morgan fingerprint density at radius 1 is 1.00 bits per heavy atom. The van der Waals surface area contributed by atoms with Crippen LogP contribution in [-0.2, 0) is 0 Å². The molecular formula is C18H14Br2N2. The van der Waals surface area contributed by atoms with E-state index in [1.54, 1.807) is 0 Å². The molecule has 0 saturated heterocycles. The molecule has 1 aromatic heterocycles. The van der Waals surface area contributed by atoms with Crippen molar-refractivity contribution in [2.24, 2.45) is 4.99 Å². The van der Waals surface area contributed by atoms with Gasteiger partial charge in [0.25, 0.3) is 0 Å². The van der Waals surface area contributed by atoms with E-state index in [0.29, 0.717) is 0 Å². The summed E-state index contributed by atoms with van der Waals surface area (Å²) in [5.41, 5.74) is 4.27. The van der Waals surface area contributed by atoms with Crippen molar-refractivity contribution in [2.45, 2.75) is 6.92 Å². The van der Waals surface area contributed by atoms with Gasteiger partial charge in [0.15, 0.2) is 0 Å². The second-order valence-corrected chi connectivity index (χ2v) is 6.74. The maximum Gasteiger partial charge on any atom is 0.0639 e. The zero-order valence-electron chi connectivity index (χ0n) is 12.0. The molecule has 0 spiro atoms. The van der Waals surface area contributed by atoms with Crippen LogP contribution in [0.3, 0.4) is 0 Å². The van der Waals surface area contributed by atoms with Gasteiger partial charge in [-0.3, -0.25) is 4.99 Å². The third kappa shape index (κ3) is 3.39. The Labute approximate surface area is 146 Å². The molecule has 3 rings (SSSR count). The van der Waals surface area contributed by atoms with Gasteiger partial charge in [0.1, 0.15) is 0 Å². The van der Waals surface area contributed by atoms with Crippen LogP contribution in [0.15, 0.2) is 74.7 Å². The third-order valence-corrected chi connectivity index (χ3v) is 4.74. The normalized spacial score (nSPS) is 11.2. The second-order valence-electron chi connectivity index (χ2n) is 4.97. The fraction of sp³-hybridized carbons (Fsp3) is 0.0556. The van der Waals surface area contributed by atoms with Crippen LogP contribution in [0.25, 0.3) is 5.69 Å². The van der Waals surface area contributed by atoms with E-state index in [-0.39, 0.29) is 0 Å². The molecule has 110 valence electrons. The van der Waals surface area contributed by atoms with Gasteiger partial charge in [0.05, 0.1) is 17.6 Å². The fourth-order valence-electron chi connectivity index (χ4n) is 2.21. The first-order valence-electron chi connectivity index (χ1n) is 6.87. The Bertz CT molecular complexity index is 835. The molecule has 0 aliphatic carbocycles. The van der Waals surface area contributed by atoms with Crippen LogP contribution in [0.5, 0.6) is 0 Å². The zero-order chi connectivity index (χ0) is 15.5. The summed E-state index contributed by atoms with van der Waals surface area (Å²) in [5, 5.41) is 0. The van der Waals surface area contributed by atoms with E-state index in [1.807, 2.05) is 42.7 Å². The van der Waals surface area contributed by atoms with E-state index in [4.69, 9.17) is 0 Å². The van der Waals surface area contributed by atoms with Gasteiger partial charge >= 0.3 is 0 Å². The zero-order valence-corrected chi connectivity index (χ0v) is 15.2. The summed E-state index contributed by atoms with van der Waals surface area (Å²) in [7, 11) is 0. The monoisotopic (exact) mass is 416 g/mol. The summed E-state index contributed by atoms with van der Waals surface area (Å²) >= 11 is 7.02. The van der Waals surface area contributed by atoms with Crippen molar-refractivity contribution in [3.05, 3.63) is 81.0 Å². The van der Waals surface area contributed by atoms with Crippen molar-refractivity contribution < 1.29 is 0 Å².